The number of para-hydroxylation sites is 3. The summed E-state index contributed by atoms with van der Waals surface area (Å²) in [4.78, 5) is 3.12. The lowest BCUT2D eigenvalue weighted by Crippen LogP contribution is -2.40. The smallest absolute Gasteiger partial charge is 0.161 e. The second kappa shape index (κ2) is 8.63. The van der Waals surface area contributed by atoms with E-state index in [2.05, 4.69) is 39.9 Å². The average molecular weight is 397 g/mol. The van der Waals surface area contributed by atoms with Crippen LogP contribution in [-0.2, 0) is 11.3 Å². The van der Waals surface area contributed by atoms with E-state index in [-0.39, 0.29) is 0 Å². The first kappa shape index (κ1) is 18.8. The van der Waals surface area contributed by atoms with Gasteiger partial charge in [0.2, 0.25) is 0 Å². The van der Waals surface area contributed by atoms with E-state index in [9.17, 15) is 0 Å². The SMILES string of the molecule is COc1ccccc1OCCn1cc(C(=S)N2CCOCC2)c2ccccc21. The van der Waals surface area contributed by atoms with E-state index in [1.54, 1.807) is 7.11 Å². The van der Waals surface area contributed by atoms with Crippen LogP contribution in [0, 0.1) is 0 Å². The van der Waals surface area contributed by atoms with Gasteiger partial charge >= 0.3 is 0 Å². The maximum absolute atomic E-state index is 5.96. The zero-order valence-electron chi connectivity index (χ0n) is 16.0. The summed E-state index contributed by atoms with van der Waals surface area (Å²) in [5.74, 6) is 1.50. The van der Waals surface area contributed by atoms with Crippen molar-refractivity contribution in [3.05, 3.63) is 60.3 Å². The van der Waals surface area contributed by atoms with Crippen LogP contribution in [0.5, 0.6) is 11.5 Å². The van der Waals surface area contributed by atoms with E-state index in [1.165, 1.54) is 5.39 Å². The van der Waals surface area contributed by atoms with Gasteiger partial charge in [-0.15, -0.1) is 0 Å². The molecule has 0 spiro atoms. The van der Waals surface area contributed by atoms with Gasteiger partial charge in [0.1, 0.15) is 11.6 Å². The molecule has 5 nitrogen and oxygen atoms in total. The number of fused-ring (bicyclic) bond motifs is 1. The molecule has 0 N–H and O–H groups in total. The molecular formula is C22H24N2O3S. The van der Waals surface area contributed by atoms with Gasteiger partial charge in [-0.3, -0.25) is 0 Å². The number of benzene rings is 2. The fourth-order valence-electron chi connectivity index (χ4n) is 3.53. The van der Waals surface area contributed by atoms with Crippen LogP contribution in [-0.4, -0.2) is 54.5 Å². The largest absolute Gasteiger partial charge is 0.493 e. The van der Waals surface area contributed by atoms with Gasteiger partial charge in [0, 0.05) is 35.8 Å². The Morgan fingerprint density at radius 2 is 1.75 bits per heavy atom. The van der Waals surface area contributed by atoms with Crippen LogP contribution in [0.1, 0.15) is 5.56 Å². The fraction of sp³-hybridized carbons (Fsp3) is 0.318. The zero-order valence-corrected chi connectivity index (χ0v) is 16.8. The third-order valence-corrected chi connectivity index (χ3v) is 5.45. The normalized spacial score (nSPS) is 14.2. The summed E-state index contributed by atoms with van der Waals surface area (Å²) in [5.41, 5.74) is 2.27. The van der Waals surface area contributed by atoms with Crippen molar-refractivity contribution in [3.8, 4) is 11.5 Å². The molecule has 6 heteroatoms. The molecular weight excluding hydrogens is 372 g/mol. The number of morpholine rings is 1. The Labute approximate surface area is 170 Å². The summed E-state index contributed by atoms with van der Waals surface area (Å²) in [7, 11) is 1.65. The lowest BCUT2D eigenvalue weighted by molar-refractivity contribution is 0.0693. The molecule has 1 fully saturated rings. The third kappa shape index (κ3) is 3.84. The van der Waals surface area contributed by atoms with Crippen LogP contribution >= 0.6 is 12.2 Å². The molecule has 0 aliphatic carbocycles. The van der Waals surface area contributed by atoms with Gasteiger partial charge in [0.25, 0.3) is 0 Å². The number of thiocarbonyl (C=S) groups is 1. The summed E-state index contributed by atoms with van der Waals surface area (Å²) in [6, 6.07) is 16.1. The van der Waals surface area contributed by atoms with Crippen LogP contribution in [0.2, 0.25) is 0 Å². The highest BCUT2D eigenvalue weighted by atomic mass is 32.1. The zero-order chi connectivity index (χ0) is 19.3. The first-order valence-corrected chi connectivity index (χ1v) is 9.89. The standard InChI is InChI=1S/C22H24N2O3S/c1-25-20-8-4-5-9-21(20)27-15-12-24-16-18(17-6-2-3-7-19(17)24)22(28)23-10-13-26-14-11-23/h2-9,16H,10-15H2,1H3. The quantitative estimate of drug-likeness (QED) is 0.593. The number of hydrogen-bond acceptors (Lipinski definition) is 4. The van der Waals surface area contributed by atoms with Gasteiger partial charge in [-0.05, 0) is 18.2 Å². The number of methoxy groups -OCH3 is 1. The van der Waals surface area contributed by atoms with Crippen molar-refractivity contribution < 1.29 is 14.2 Å². The minimum atomic E-state index is 0.544. The van der Waals surface area contributed by atoms with E-state index in [4.69, 9.17) is 26.4 Å². The number of rotatable bonds is 6. The van der Waals surface area contributed by atoms with Gasteiger partial charge in [-0.1, -0.05) is 42.5 Å². The molecule has 2 aromatic carbocycles. The van der Waals surface area contributed by atoms with Crippen LogP contribution in [0.3, 0.4) is 0 Å². The van der Waals surface area contributed by atoms with E-state index < -0.39 is 0 Å². The summed E-state index contributed by atoms with van der Waals surface area (Å²) >= 11 is 5.81. The summed E-state index contributed by atoms with van der Waals surface area (Å²) < 4.78 is 19.0. The molecule has 0 saturated carbocycles. The van der Waals surface area contributed by atoms with E-state index in [0.717, 1.165) is 60.4 Å². The van der Waals surface area contributed by atoms with Crippen molar-refractivity contribution in [3.63, 3.8) is 0 Å². The molecule has 0 atom stereocenters. The molecule has 0 unspecified atom stereocenters. The van der Waals surface area contributed by atoms with Gasteiger partial charge < -0.3 is 23.7 Å². The van der Waals surface area contributed by atoms with Crippen molar-refractivity contribution in [2.75, 3.05) is 40.0 Å². The number of nitrogens with zero attached hydrogens (tertiary/aromatic N) is 2. The number of aromatic nitrogens is 1. The van der Waals surface area contributed by atoms with Gasteiger partial charge in [0.15, 0.2) is 11.5 Å². The highest BCUT2D eigenvalue weighted by molar-refractivity contribution is 7.80. The summed E-state index contributed by atoms with van der Waals surface area (Å²) in [5, 5.41) is 1.18. The minimum Gasteiger partial charge on any atom is -0.493 e. The lowest BCUT2D eigenvalue weighted by atomic mass is 10.1. The maximum Gasteiger partial charge on any atom is 0.161 e. The molecule has 1 aromatic heterocycles. The van der Waals surface area contributed by atoms with Gasteiger partial charge in [-0.25, -0.2) is 0 Å². The Bertz CT molecular complexity index is 963. The first-order chi connectivity index (χ1) is 13.8. The topological polar surface area (TPSA) is 35.9 Å². The fourth-order valence-corrected chi connectivity index (χ4v) is 3.88. The average Bonchev–Trinajstić information content (AvgIpc) is 3.13. The predicted octanol–water partition coefficient (Wildman–Crippen LogP) is 3.74. The second-order valence-electron chi connectivity index (χ2n) is 6.66. The molecule has 0 amide bonds. The van der Waals surface area contributed by atoms with Crippen molar-refractivity contribution in [1.82, 2.24) is 9.47 Å². The summed E-state index contributed by atoms with van der Waals surface area (Å²) in [6.07, 6.45) is 2.15. The highest BCUT2D eigenvalue weighted by Crippen LogP contribution is 2.27. The predicted molar refractivity (Wildman–Crippen MR) is 115 cm³/mol. The molecule has 28 heavy (non-hydrogen) atoms. The monoisotopic (exact) mass is 396 g/mol. The molecule has 0 radical (unpaired) electrons. The lowest BCUT2D eigenvalue weighted by Gasteiger charge is -2.29. The van der Waals surface area contributed by atoms with Crippen LogP contribution in [0.15, 0.2) is 54.7 Å². The first-order valence-electron chi connectivity index (χ1n) is 9.48. The Hall–Kier alpha value is -2.57. The Kier molecular flexibility index (Phi) is 5.78. The molecule has 1 saturated heterocycles. The number of ether oxygens (including phenoxy) is 3. The Morgan fingerprint density at radius 1 is 1.04 bits per heavy atom. The molecule has 0 bridgehead atoms. The molecule has 146 valence electrons. The van der Waals surface area contributed by atoms with E-state index in [1.807, 2.05) is 24.3 Å². The van der Waals surface area contributed by atoms with E-state index >= 15 is 0 Å². The number of hydrogen-bond donors (Lipinski definition) is 0. The van der Waals surface area contributed by atoms with Gasteiger partial charge in [0.05, 0.1) is 26.9 Å². The van der Waals surface area contributed by atoms with Crippen molar-refractivity contribution in [2.24, 2.45) is 0 Å². The van der Waals surface area contributed by atoms with Crippen LogP contribution in [0.25, 0.3) is 10.9 Å². The molecule has 1 aliphatic heterocycles. The Balaban J connectivity index is 1.53. The Morgan fingerprint density at radius 3 is 2.54 bits per heavy atom. The molecule has 2 heterocycles. The molecule has 1 aliphatic rings. The van der Waals surface area contributed by atoms with Gasteiger partial charge in [-0.2, -0.15) is 0 Å². The second-order valence-corrected chi connectivity index (χ2v) is 7.04. The van der Waals surface area contributed by atoms with Crippen molar-refractivity contribution >= 4 is 28.1 Å². The van der Waals surface area contributed by atoms with E-state index in [0.29, 0.717) is 6.61 Å². The van der Waals surface area contributed by atoms with Crippen LogP contribution in [0.4, 0.5) is 0 Å². The minimum absolute atomic E-state index is 0.544. The van der Waals surface area contributed by atoms with Crippen LogP contribution < -0.4 is 9.47 Å². The summed E-state index contributed by atoms with van der Waals surface area (Å²) in [6.45, 7) is 4.41. The highest BCUT2D eigenvalue weighted by Gasteiger charge is 2.19. The molecule has 4 rings (SSSR count). The third-order valence-electron chi connectivity index (χ3n) is 4.98. The maximum atomic E-state index is 5.96. The molecule has 3 aromatic rings. The van der Waals surface area contributed by atoms with Crippen molar-refractivity contribution in [1.29, 1.82) is 0 Å². The van der Waals surface area contributed by atoms with Crippen molar-refractivity contribution in [2.45, 2.75) is 6.54 Å².